The summed E-state index contributed by atoms with van der Waals surface area (Å²) in [6.45, 7) is 5.15. The number of hydrogen-bond acceptors (Lipinski definition) is 2. The molecule has 0 N–H and O–H groups in total. The molecular formula is C9H11NOS. The molecular weight excluding hydrogens is 170 g/mol. The van der Waals surface area contributed by atoms with Gasteiger partial charge >= 0.3 is 0 Å². The number of anilines is 1. The molecule has 1 aromatic heterocycles. The van der Waals surface area contributed by atoms with Crippen LogP contribution in [0, 0.1) is 0 Å². The fraction of sp³-hybridized carbons (Fsp3) is 0.444. The number of nitrogens with zero attached hydrogens (tertiary/aromatic N) is 1. The van der Waals surface area contributed by atoms with E-state index in [2.05, 4.69) is 19.2 Å². The molecule has 1 aliphatic heterocycles. The van der Waals surface area contributed by atoms with E-state index in [0.717, 1.165) is 18.6 Å². The zero-order chi connectivity index (χ0) is 8.77. The Morgan fingerprint density at radius 2 is 2.33 bits per heavy atom. The summed E-state index contributed by atoms with van der Waals surface area (Å²) in [6, 6.07) is 0. The van der Waals surface area contributed by atoms with Crippen molar-refractivity contribution in [3.63, 3.8) is 0 Å². The Balaban J connectivity index is 2.52. The first-order valence-corrected chi connectivity index (χ1v) is 4.88. The van der Waals surface area contributed by atoms with Crippen molar-refractivity contribution in [2.45, 2.75) is 19.3 Å². The number of hydrogen-bond donors (Lipinski definition) is 0. The minimum atomic E-state index is 0.135. The van der Waals surface area contributed by atoms with Crippen molar-refractivity contribution in [1.82, 2.24) is 0 Å². The smallest absolute Gasteiger partial charge is 0.214 e. The number of carbonyl (C=O) groups is 1. The van der Waals surface area contributed by atoms with Crippen LogP contribution in [-0.4, -0.2) is 13.0 Å². The minimum absolute atomic E-state index is 0.135. The van der Waals surface area contributed by atoms with Gasteiger partial charge in [0.2, 0.25) is 6.41 Å². The van der Waals surface area contributed by atoms with Gasteiger partial charge < -0.3 is 4.90 Å². The fourth-order valence-corrected chi connectivity index (χ4v) is 2.74. The first-order chi connectivity index (χ1) is 5.65. The molecule has 0 unspecified atom stereocenters. The van der Waals surface area contributed by atoms with E-state index in [1.165, 1.54) is 5.56 Å². The Kier molecular flexibility index (Phi) is 1.51. The van der Waals surface area contributed by atoms with Crippen LogP contribution in [0.3, 0.4) is 0 Å². The molecule has 64 valence electrons. The zero-order valence-corrected chi connectivity index (χ0v) is 8.02. The normalized spacial score (nSPS) is 19.3. The Bertz CT molecular complexity index is 316. The van der Waals surface area contributed by atoms with Gasteiger partial charge in [-0.2, -0.15) is 0 Å². The van der Waals surface area contributed by atoms with Gasteiger partial charge in [0.15, 0.2) is 0 Å². The van der Waals surface area contributed by atoms with Crippen LogP contribution in [0.1, 0.15) is 19.4 Å². The lowest BCUT2D eigenvalue weighted by molar-refractivity contribution is -0.107. The molecule has 0 saturated carbocycles. The standard InChI is InChI=1S/C9H11NOS/c1-9(2)5-10(6-11)8-4-12-3-7(8)9/h3-4,6H,5H2,1-2H3. The summed E-state index contributed by atoms with van der Waals surface area (Å²) in [5.41, 5.74) is 2.54. The topological polar surface area (TPSA) is 20.3 Å². The molecule has 1 amide bonds. The van der Waals surface area contributed by atoms with E-state index in [-0.39, 0.29) is 5.41 Å². The second-order valence-corrected chi connectivity index (χ2v) is 4.53. The molecule has 2 heterocycles. The van der Waals surface area contributed by atoms with Crippen LogP contribution >= 0.6 is 11.3 Å². The van der Waals surface area contributed by atoms with Crippen molar-refractivity contribution in [2.24, 2.45) is 0 Å². The molecule has 0 spiro atoms. The van der Waals surface area contributed by atoms with Gasteiger partial charge in [-0.15, -0.1) is 11.3 Å². The molecule has 0 aromatic carbocycles. The van der Waals surface area contributed by atoms with Crippen LogP contribution in [0.25, 0.3) is 0 Å². The lowest BCUT2D eigenvalue weighted by atomic mass is 9.89. The molecule has 0 fully saturated rings. The van der Waals surface area contributed by atoms with Gasteiger partial charge in [0, 0.05) is 17.3 Å². The summed E-state index contributed by atoms with van der Waals surface area (Å²) >= 11 is 1.66. The highest BCUT2D eigenvalue weighted by Gasteiger charge is 2.35. The van der Waals surface area contributed by atoms with E-state index in [0.29, 0.717) is 0 Å². The van der Waals surface area contributed by atoms with Gasteiger partial charge in [0.25, 0.3) is 0 Å². The van der Waals surface area contributed by atoms with Crippen molar-refractivity contribution >= 4 is 23.4 Å². The van der Waals surface area contributed by atoms with Crippen LogP contribution in [0.4, 0.5) is 5.69 Å². The van der Waals surface area contributed by atoms with Crippen molar-refractivity contribution in [2.75, 3.05) is 11.4 Å². The Labute approximate surface area is 75.8 Å². The second kappa shape index (κ2) is 2.33. The monoisotopic (exact) mass is 181 g/mol. The molecule has 0 atom stereocenters. The first kappa shape index (κ1) is 7.80. The largest absolute Gasteiger partial charge is 0.313 e. The quantitative estimate of drug-likeness (QED) is 0.607. The number of thiophene rings is 1. The first-order valence-electron chi connectivity index (χ1n) is 3.94. The highest BCUT2D eigenvalue weighted by Crippen LogP contribution is 2.41. The summed E-state index contributed by atoms with van der Waals surface area (Å²) in [5, 5.41) is 4.18. The van der Waals surface area contributed by atoms with Gasteiger partial charge in [-0.05, 0) is 10.9 Å². The summed E-state index contributed by atoms with van der Waals surface area (Å²) in [7, 11) is 0. The predicted octanol–water partition coefficient (Wildman–Crippen LogP) is 2.00. The van der Waals surface area contributed by atoms with Gasteiger partial charge in [-0.25, -0.2) is 0 Å². The zero-order valence-electron chi connectivity index (χ0n) is 7.20. The molecule has 3 heteroatoms. The third-order valence-electron chi connectivity index (χ3n) is 2.37. The number of amides is 1. The molecule has 0 radical (unpaired) electrons. The Morgan fingerprint density at radius 1 is 1.58 bits per heavy atom. The van der Waals surface area contributed by atoms with Crippen LogP contribution in [0.2, 0.25) is 0 Å². The molecule has 1 aliphatic rings. The SMILES string of the molecule is CC1(C)CN(C=O)c2cscc21. The number of fused-ring (bicyclic) bond motifs is 1. The van der Waals surface area contributed by atoms with Crippen molar-refractivity contribution in [3.05, 3.63) is 16.3 Å². The average Bonchev–Trinajstić information content (AvgIpc) is 2.54. The van der Waals surface area contributed by atoms with Crippen molar-refractivity contribution in [1.29, 1.82) is 0 Å². The van der Waals surface area contributed by atoms with Crippen LogP contribution < -0.4 is 4.90 Å². The number of rotatable bonds is 1. The molecule has 2 rings (SSSR count). The Morgan fingerprint density at radius 3 is 3.00 bits per heavy atom. The predicted molar refractivity (Wildman–Crippen MR) is 50.8 cm³/mol. The van der Waals surface area contributed by atoms with E-state index in [4.69, 9.17) is 0 Å². The molecule has 1 aromatic rings. The molecule has 0 aliphatic carbocycles. The molecule has 0 saturated heterocycles. The number of carbonyl (C=O) groups excluding carboxylic acids is 1. The van der Waals surface area contributed by atoms with Crippen LogP contribution in [0.15, 0.2) is 10.8 Å². The maximum atomic E-state index is 10.7. The Hall–Kier alpha value is -0.830. The minimum Gasteiger partial charge on any atom is -0.313 e. The van der Waals surface area contributed by atoms with Crippen LogP contribution in [-0.2, 0) is 10.2 Å². The maximum Gasteiger partial charge on any atom is 0.214 e. The van der Waals surface area contributed by atoms with E-state index in [1.807, 2.05) is 5.38 Å². The maximum absolute atomic E-state index is 10.7. The summed E-state index contributed by atoms with van der Waals surface area (Å²) < 4.78 is 0. The van der Waals surface area contributed by atoms with E-state index in [1.54, 1.807) is 16.2 Å². The van der Waals surface area contributed by atoms with Gasteiger partial charge in [0.05, 0.1) is 5.69 Å². The third-order valence-corrected chi connectivity index (χ3v) is 3.10. The van der Waals surface area contributed by atoms with Gasteiger partial charge in [-0.3, -0.25) is 4.79 Å². The van der Waals surface area contributed by atoms with Crippen molar-refractivity contribution < 1.29 is 4.79 Å². The fourth-order valence-electron chi connectivity index (χ4n) is 1.71. The average molecular weight is 181 g/mol. The summed E-state index contributed by atoms with van der Waals surface area (Å²) in [4.78, 5) is 12.5. The van der Waals surface area contributed by atoms with Gasteiger partial charge in [0.1, 0.15) is 0 Å². The lowest BCUT2D eigenvalue weighted by Crippen LogP contribution is -2.27. The summed E-state index contributed by atoms with van der Waals surface area (Å²) in [5.74, 6) is 0. The molecule has 0 bridgehead atoms. The van der Waals surface area contributed by atoms with E-state index in [9.17, 15) is 4.79 Å². The lowest BCUT2D eigenvalue weighted by Gasteiger charge is -2.17. The van der Waals surface area contributed by atoms with Crippen molar-refractivity contribution in [3.8, 4) is 0 Å². The molecule has 12 heavy (non-hydrogen) atoms. The third kappa shape index (κ3) is 0.894. The highest BCUT2D eigenvalue weighted by molar-refractivity contribution is 7.08. The van der Waals surface area contributed by atoms with Crippen LogP contribution in [0.5, 0.6) is 0 Å². The highest BCUT2D eigenvalue weighted by atomic mass is 32.1. The second-order valence-electron chi connectivity index (χ2n) is 3.79. The van der Waals surface area contributed by atoms with E-state index < -0.39 is 0 Å². The van der Waals surface area contributed by atoms with E-state index >= 15 is 0 Å². The summed E-state index contributed by atoms with van der Waals surface area (Å²) in [6.07, 6.45) is 0.917. The van der Waals surface area contributed by atoms with Gasteiger partial charge in [-0.1, -0.05) is 13.8 Å². The molecule has 2 nitrogen and oxygen atoms in total.